The number of ether oxygens (including phenoxy) is 3. The quantitative estimate of drug-likeness (QED) is 0.413. The molecule has 0 spiro atoms. The van der Waals surface area contributed by atoms with Gasteiger partial charge in [-0.15, -0.1) is 9.05 Å². The number of fused-ring (bicyclic) bond motifs is 1. The summed E-state index contributed by atoms with van der Waals surface area (Å²) in [6.07, 6.45) is -0.867. The maximum absolute atomic E-state index is 11.4. The number of hydrogen-bond acceptors (Lipinski definition) is 6. The predicted molar refractivity (Wildman–Crippen MR) is 62.8 cm³/mol. The molecule has 8 heteroatoms. The van der Waals surface area contributed by atoms with Gasteiger partial charge in [0.1, 0.15) is 12.7 Å². The summed E-state index contributed by atoms with van der Waals surface area (Å²) in [6.45, 7) is 9.04. The molecular weight excluding hydrogens is 497 g/mol. The van der Waals surface area contributed by atoms with Crippen LogP contribution in [0.4, 0.5) is 0 Å². The van der Waals surface area contributed by atoms with E-state index in [2.05, 4.69) is 0 Å². The molecule has 0 aromatic heterocycles. The van der Waals surface area contributed by atoms with Crippen LogP contribution in [-0.2, 0) is 27.8 Å². The summed E-state index contributed by atoms with van der Waals surface area (Å²) in [7, 11) is -2.12. The summed E-state index contributed by atoms with van der Waals surface area (Å²) in [4.78, 5) is 0. The summed E-state index contributed by atoms with van der Waals surface area (Å²) < 4.78 is 38.2. The standard InChI is InChI=1S/C11H19O6P.U/c1-7(2)17-18(12)14-6-8-10-9(5-13-8)15-11(3,4)16-10;/h5,7-10H,6H2,1-4H3;/t8-,9?,10?;/m1./s1. The summed E-state index contributed by atoms with van der Waals surface area (Å²) in [5, 5.41) is 0. The molecule has 3 unspecified atom stereocenters. The van der Waals surface area contributed by atoms with Gasteiger partial charge < -0.3 is 14.2 Å². The molecule has 19 heavy (non-hydrogen) atoms. The predicted octanol–water partition coefficient (Wildman–Crippen LogP) is 2.17. The third kappa shape index (κ3) is 5.02. The molecule has 2 aliphatic heterocycles. The zero-order valence-electron chi connectivity index (χ0n) is 11.5. The van der Waals surface area contributed by atoms with Crippen molar-refractivity contribution in [3.05, 3.63) is 6.61 Å². The van der Waals surface area contributed by atoms with Crippen LogP contribution in [0.1, 0.15) is 27.7 Å². The fourth-order valence-electron chi connectivity index (χ4n) is 1.94. The van der Waals surface area contributed by atoms with Gasteiger partial charge in [-0.1, -0.05) is 0 Å². The van der Waals surface area contributed by atoms with Crippen molar-refractivity contribution < 1.29 is 58.9 Å². The van der Waals surface area contributed by atoms with Gasteiger partial charge in [-0.25, -0.2) is 0 Å². The van der Waals surface area contributed by atoms with E-state index in [1.807, 2.05) is 13.8 Å². The van der Waals surface area contributed by atoms with Crippen molar-refractivity contribution in [3.63, 3.8) is 0 Å². The third-order valence-corrected chi connectivity index (χ3v) is 3.51. The summed E-state index contributed by atoms with van der Waals surface area (Å²) in [5.74, 6) is -0.621. The van der Waals surface area contributed by atoms with Crippen molar-refractivity contribution >= 4 is 8.25 Å². The molecule has 4 atom stereocenters. The number of hydrogen-bond donors (Lipinski definition) is 0. The van der Waals surface area contributed by atoms with E-state index in [9.17, 15) is 4.57 Å². The van der Waals surface area contributed by atoms with E-state index in [1.54, 1.807) is 20.5 Å². The first kappa shape index (κ1) is 18.0. The fourth-order valence-corrected chi connectivity index (χ4v) is 2.61. The van der Waals surface area contributed by atoms with Crippen LogP contribution >= 0.6 is 8.25 Å². The topological polar surface area (TPSA) is 63.2 Å². The van der Waals surface area contributed by atoms with Crippen LogP contribution in [0.5, 0.6) is 0 Å². The first-order chi connectivity index (χ1) is 8.37. The van der Waals surface area contributed by atoms with E-state index < -0.39 is 14.0 Å². The van der Waals surface area contributed by atoms with Crippen molar-refractivity contribution in [2.75, 3.05) is 6.61 Å². The molecule has 0 radical (unpaired) electrons. The molecule has 2 aliphatic rings. The van der Waals surface area contributed by atoms with Gasteiger partial charge >= 0.3 is 8.25 Å². The fraction of sp³-hybridized carbons (Fsp3) is 0.909. The van der Waals surface area contributed by atoms with Crippen molar-refractivity contribution in [2.24, 2.45) is 0 Å². The Labute approximate surface area is 138 Å². The second-order valence-corrected chi connectivity index (χ2v) is 5.97. The number of rotatable bonds is 5. The molecule has 0 saturated carbocycles. The molecule has 0 N–H and O–H groups in total. The molecule has 0 aromatic rings. The zero-order valence-corrected chi connectivity index (χ0v) is 16.5. The molecule has 2 fully saturated rings. The van der Waals surface area contributed by atoms with Gasteiger partial charge in [0.05, 0.1) is 12.2 Å². The Bertz CT molecular complexity index is 324. The third-order valence-electron chi connectivity index (χ3n) is 2.56. The summed E-state index contributed by atoms with van der Waals surface area (Å²) in [6, 6.07) is 0. The van der Waals surface area contributed by atoms with Gasteiger partial charge in [-0.3, -0.25) is 0 Å². The molecule has 2 rings (SSSR count). The molecule has 2 saturated heterocycles. The molecule has 0 aromatic carbocycles. The molecule has 6 nitrogen and oxygen atoms in total. The van der Waals surface area contributed by atoms with Crippen LogP contribution in [0, 0.1) is 37.7 Å². The van der Waals surface area contributed by atoms with Gasteiger partial charge in [0.2, 0.25) is 0 Å². The van der Waals surface area contributed by atoms with Crippen LogP contribution in [-0.4, -0.2) is 36.8 Å². The first-order valence-corrected chi connectivity index (χ1v) is 7.08. The Balaban J connectivity index is 0.00000180. The minimum absolute atomic E-state index is 0. The molecule has 0 amide bonds. The minimum atomic E-state index is -2.12. The molecule has 0 aliphatic carbocycles. The summed E-state index contributed by atoms with van der Waals surface area (Å²) in [5.41, 5.74) is 0. The van der Waals surface area contributed by atoms with Crippen molar-refractivity contribution in [1.29, 1.82) is 0 Å². The van der Waals surface area contributed by atoms with E-state index in [4.69, 9.17) is 23.3 Å². The Hall–Kier alpha value is 0.952. The molecule has 108 valence electrons. The summed E-state index contributed by atoms with van der Waals surface area (Å²) >= 11 is 0. The largest absolute Gasteiger partial charge is 0.697 e. The maximum atomic E-state index is 11.4. The minimum Gasteiger partial charge on any atom is -0.543 e. The van der Waals surface area contributed by atoms with Gasteiger partial charge in [-0.05, 0) is 33.8 Å². The van der Waals surface area contributed by atoms with Crippen LogP contribution < -0.4 is 0 Å². The van der Waals surface area contributed by atoms with Gasteiger partial charge in [-0.2, -0.15) is 6.61 Å². The Morgan fingerprint density at radius 2 is 2.05 bits per heavy atom. The van der Waals surface area contributed by atoms with E-state index in [1.165, 1.54) is 0 Å². The molecular formula is C11H19O6PU. The van der Waals surface area contributed by atoms with Gasteiger partial charge in [0, 0.05) is 35.7 Å². The van der Waals surface area contributed by atoms with Crippen LogP contribution in [0.3, 0.4) is 0 Å². The van der Waals surface area contributed by atoms with E-state index in [0.717, 1.165) is 0 Å². The van der Waals surface area contributed by atoms with Crippen molar-refractivity contribution in [3.8, 4) is 0 Å². The Morgan fingerprint density at radius 3 is 2.68 bits per heavy atom. The van der Waals surface area contributed by atoms with Crippen molar-refractivity contribution in [1.82, 2.24) is 0 Å². The monoisotopic (exact) mass is 516 g/mol. The van der Waals surface area contributed by atoms with Crippen molar-refractivity contribution in [2.45, 2.75) is 57.9 Å². The van der Waals surface area contributed by atoms with E-state index >= 15 is 0 Å². The molecule has 0 bridgehead atoms. The zero-order chi connectivity index (χ0) is 13.3. The maximum Gasteiger partial charge on any atom is 0.697 e. The van der Waals surface area contributed by atoms with Crippen LogP contribution in [0.15, 0.2) is 0 Å². The average Bonchev–Trinajstić information content (AvgIpc) is 2.69. The first-order valence-electron chi connectivity index (χ1n) is 5.99. The van der Waals surface area contributed by atoms with Crippen LogP contribution in [0.2, 0.25) is 0 Å². The SMILES string of the molecule is CC(C)O[P+](=O)OC[C@H]1O[CH-]C2OC(C)(C)OC21.[U]. The Kier molecular flexibility index (Phi) is 6.90. The second kappa shape index (κ2) is 7.29. The second-order valence-electron chi connectivity index (χ2n) is 5.05. The van der Waals surface area contributed by atoms with Gasteiger partial charge in [0.25, 0.3) is 0 Å². The van der Waals surface area contributed by atoms with Crippen LogP contribution in [0.25, 0.3) is 0 Å². The Morgan fingerprint density at radius 1 is 1.37 bits per heavy atom. The average molecular weight is 516 g/mol. The van der Waals surface area contributed by atoms with E-state index in [0.29, 0.717) is 0 Å². The molecule has 2 heterocycles. The smallest absolute Gasteiger partial charge is 0.543 e. The van der Waals surface area contributed by atoms with E-state index in [-0.39, 0.29) is 62.1 Å². The normalized spacial score (nSPS) is 33.1. The van der Waals surface area contributed by atoms with Gasteiger partial charge in [0.15, 0.2) is 5.79 Å².